The molecular formula is C16H21N5OS. The molecule has 1 atom stereocenters. The Morgan fingerprint density at radius 2 is 2.35 bits per heavy atom. The minimum atomic E-state index is -0.127. The summed E-state index contributed by atoms with van der Waals surface area (Å²) in [6, 6.07) is 2.07. The molecule has 3 heterocycles. The van der Waals surface area contributed by atoms with Gasteiger partial charge in [-0.15, -0.1) is 11.3 Å². The third-order valence-electron chi connectivity index (χ3n) is 4.51. The van der Waals surface area contributed by atoms with Crippen LogP contribution in [0.4, 0.5) is 4.79 Å². The fourth-order valence-electron chi connectivity index (χ4n) is 3.46. The molecule has 23 heavy (non-hydrogen) atoms. The highest BCUT2D eigenvalue weighted by molar-refractivity contribution is 7.12. The minimum absolute atomic E-state index is 0.0432. The highest BCUT2D eigenvalue weighted by Gasteiger charge is 2.25. The molecule has 2 aromatic rings. The molecule has 0 unspecified atom stereocenters. The highest BCUT2D eigenvalue weighted by atomic mass is 32.1. The average Bonchev–Trinajstić information content (AvgIpc) is 3.18. The van der Waals surface area contributed by atoms with Crippen LogP contribution in [0.1, 0.15) is 52.3 Å². The number of thiophene rings is 1. The molecule has 2 aliphatic rings. The molecule has 0 bridgehead atoms. The van der Waals surface area contributed by atoms with Crippen molar-refractivity contribution in [2.24, 2.45) is 0 Å². The highest BCUT2D eigenvalue weighted by Crippen LogP contribution is 2.30. The maximum atomic E-state index is 12.2. The monoisotopic (exact) mass is 331 g/mol. The number of hydrogen-bond acceptors (Lipinski definition) is 4. The Balaban J connectivity index is 1.35. The Morgan fingerprint density at radius 1 is 1.43 bits per heavy atom. The van der Waals surface area contributed by atoms with Crippen LogP contribution in [0.5, 0.6) is 0 Å². The molecule has 0 spiro atoms. The summed E-state index contributed by atoms with van der Waals surface area (Å²) in [7, 11) is 0. The maximum Gasteiger partial charge on any atom is 0.315 e. The van der Waals surface area contributed by atoms with Gasteiger partial charge in [-0.3, -0.25) is 0 Å². The summed E-state index contributed by atoms with van der Waals surface area (Å²) in [5.41, 5.74) is 1.48. The van der Waals surface area contributed by atoms with Gasteiger partial charge in [-0.05, 0) is 50.7 Å². The third kappa shape index (κ3) is 2.97. The summed E-state index contributed by atoms with van der Waals surface area (Å²) in [5, 5.41) is 10.4. The van der Waals surface area contributed by atoms with Gasteiger partial charge in [-0.2, -0.15) is 5.10 Å². The number of amides is 2. The fraction of sp³-hybridized carbons (Fsp3) is 0.562. The van der Waals surface area contributed by atoms with Crippen LogP contribution in [0.3, 0.4) is 0 Å². The lowest BCUT2D eigenvalue weighted by Gasteiger charge is -2.23. The van der Waals surface area contributed by atoms with Crippen molar-refractivity contribution in [2.75, 3.05) is 0 Å². The predicted octanol–water partition coefficient (Wildman–Crippen LogP) is 2.47. The largest absolute Gasteiger partial charge is 0.333 e. The van der Waals surface area contributed by atoms with Crippen LogP contribution in [-0.2, 0) is 25.9 Å². The smallest absolute Gasteiger partial charge is 0.315 e. The first kappa shape index (κ1) is 14.7. The van der Waals surface area contributed by atoms with Crippen molar-refractivity contribution in [3.05, 3.63) is 33.0 Å². The van der Waals surface area contributed by atoms with Crippen molar-refractivity contribution < 1.29 is 4.79 Å². The Hall–Kier alpha value is -1.89. The Kier molecular flexibility index (Phi) is 3.80. The lowest BCUT2D eigenvalue weighted by molar-refractivity contribution is 0.232. The maximum absolute atomic E-state index is 12.2. The summed E-state index contributed by atoms with van der Waals surface area (Å²) in [5.74, 6) is 1.64. The van der Waals surface area contributed by atoms with Crippen molar-refractivity contribution in [3.63, 3.8) is 0 Å². The quantitative estimate of drug-likeness (QED) is 0.907. The molecule has 7 heteroatoms. The molecule has 0 radical (unpaired) electrons. The molecule has 0 fully saturated rings. The molecule has 2 N–H and O–H groups in total. The van der Waals surface area contributed by atoms with E-state index in [2.05, 4.69) is 26.8 Å². The summed E-state index contributed by atoms with van der Waals surface area (Å²) < 4.78 is 1.91. The van der Waals surface area contributed by atoms with Crippen molar-refractivity contribution in [1.29, 1.82) is 0 Å². The minimum Gasteiger partial charge on any atom is -0.333 e. The molecule has 1 aliphatic heterocycles. The van der Waals surface area contributed by atoms with Crippen LogP contribution in [0, 0.1) is 6.92 Å². The van der Waals surface area contributed by atoms with E-state index in [-0.39, 0.29) is 12.1 Å². The van der Waals surface area contributed by atoms with Gasteiger partial charge in [0.25, 0.3) is 0 Å². The molecule has 1 aliphatic carbocycles. The molecule has 122 valence electrons. The van der Waals surface area contributed by atoms with E-state index in [9.17, 15) is 4.79 Å². The number of nitrogens with zero attached hydrogens (tertiary/aromatic N) is 3. The number of aromatic nitrogens is 3. The first-order chi connectivity index (χ1) is 11.2. The van der Waals surface area contributed by atoms with Gasteiger partial charge in [0.1, 0.15) is 11.6 Å². The van der Waals surface area contributed by atoms with Crippen LogP contribution in [0.2, 0.25) is 0 Å². The fourth-order valence-corrected chi connectivity index (χ4v) is 4.66. The van der Waals surface area contributed by atoms with Crippen molar-refractivity contribution >= 4 is 17.4 Å². The summed E-state index contributed by atoms with van der Waals surface area (Å²) in [6.07, 6.45) is 5.59. The summed E-state index contributed by atoms with van der Waals surface area (Å²) >= 11 is 1.83. The van der Waals surface area contributed by atoms with Crippen LogP contribution in [0.25, 0.3) is 0 Å². The summed E-state index contributed by atoms with van der Waals surface area (Å²) in [6.45, 7) is 3.37. The molecule has 6 nitrogen and oxygen atoms in total. The molecular weight excluding hydrogens is 310 g/mol. The number of hydrogen-bond donors (Lipinski definition) is 2. The first-order valence-electron chi connectivity index (χ1n) is 8.25. The van der Waals surface area contributed by atoms with Crippen LogP contribution >= 0.6 is 11.3 Å². The van der Waals surface area contributed by atoms with Crippen LogP contribution in [0.15, 0.2) is 6.07 Å². The molecule has 2 aromatic heterocycles. The van der Waals surface area contributed by atoms with E-state index in [4.69, 9.17) is 0 Å². The van der Waals surface area contributed by atoms with E-state index in [1.54, 1.807) is 0 Å². The Bertz CT molecular complexity index is 713. The van der Waals surface area contributed by atoms with Gasteiger partial charge >= 0.3 is 6.03 Å². The van der Waals surface area contributed by atoms with Gasteiger partial charge in [0.05, 0.1) is 12.6 Å². The third-order valence-corrected chi connectivity index (χ3v) is 5.74. The lowest BCUT2D eigenvalue weighted by Crippen LogP contribution is -2.39. The second kappa shape index (κ2) is 5.96. The van der Waals surface area contributed by atoms with E-state index < -0.39 is 0 Å². The number of carbonyl (C=O) groups excluding carboxylic acids is 1. The van der Waals surface area contributed by atoms with Crippen LogP contribution in [-0.4, -0.2) is 20.8 Å². The van der Waals surface area contributed by atoms with Gasteiger partial charge in [0.15, 0.2) is 0 Å². The van der Waals surface area contributed by atoms with E-state index in [1.807, 2.05) is 22.9 Å². The number of rotatable bonds is 3. The molecule has 4 rings (SSSR count). The van der Waals surface area contributed by atoms with Gasteiger partial charge in [-0.1, -0.05) is 0 Å². The second-order valence-electron chi connectivity index (χ2n) is 6.28. The number of nitrogens with one attached hydrogen (secondary N) is 2. The van der Waals surface area contributed by atoms with Crippen LogP contribution < -0.4 is 10.6 Å². The lowest BCUT2D eigenvalue weighted by atomic mass is 10.1. The zero-order chi connectivity index (χ0) is 15.8. The topological polar surface area (TPSA) is 71.8 Å². The van der Waals surface area contributed by atoms with Gasteiger partial charge in [0.2, 0.25) is 0 Å². The van der Waals surface area contributed by atoms with Crippen molar-refractivity contribution in [2.45, 2.75) is 58.2 Å². The zero-order valence-electron chi connectivity index (χ0n) is 13.3. The van der Waals surface area contributed by atoms with E-state index in [1.165, 1.54) is 34.6 Å². The number of urea groups is 1. The molecule has 0 saturated carbocycles. The SMILES string of the molecule is Cc1nc2n(n1)CCC[C@H]2NC(=O)NCc1cc2c(s1)CCC2. The van der Waals surface area contributed by atoms with Crippen molar-refractivity contribution in [3.8, 4) is 0 Å². The van der Waals surface area contributed by atoms with Crippen molar-refractivity contribution in [1.82, 2.24) is 25.4 Å². The summed E-state index contributed by atoms with van der Waals surface area (Å²) in [4.78, 5) is 19.4. The normalized spacial score (nSPS) is 19.3. The Labute approximate surface area is 139 Å². The predicted molar refractivity (Wildman–Crippen MR) is 88.4 cm³/mol. The van der Waals surface area contributed by atoms with E-state index >= 15 is 0 Å². The zero-order valence-corrected chi connectivity index (χ0v) is 14.1. The first-order valence-corrected chi connectivity index (χ1v) is 9.07. The van der Waals surface area contributed by atoms with Gasteiger partial charge in [-0.25, -0.2) is 14.5 Å². The van der Waals surface area contributed by atoms with E-state index in [0.717, 1.165) is 31.0 Å². The standard InChI is InChI=1S/C16H21N5OS/c1-10-18-15-13(5-3-7-21(15)20-10)19-16(22)17-9-12-8-11-4-2-6-14(11)23-12/h8,13H,2-7,9H2,1H3,(H2,17,19,22)/t13-/m1/s1. The number of aryl methyl sites for hydroxylation is 4. The van der Waals surface area contributed by atoms with Gasteiger partial charge < -0.3 is 10.6 Å². The second-order valence-corrected chi connectivity index (χ2v) is 7.50. The number of carbonyl (C=O) groups is 1. The Morgan fingerprint density at radius 3 is 3.22 bits per heavy atom. The molecule has 0 saturated heterocycles. The van der Waals surface area contributed by atoms with Gasteiger partial charge in [0, 0.05) is 16.3 Å². The number of fused-ring (bicyclic) bond motifs is 2. The molecule has 0 aromatic carbocycles. The van der Waals surface area contributed by atoms with E-state index in [0.29, 0.717) is 6.54 Å². The average molecular weight is 331 g/mol. The molecule has 2 amide bonds.